The van der Waals surface area contributed by atoms with E-state index in [-0.39, 0.29) is 11.9 Å². The van der Waals surface area contributed by atoms with E-state index < -0.39 is 0 Å². The number of hydrogen-bond donors (Lipinski definition) is 0. The van der Waals surface area contributed by atoms with Crippen molar-refractivity contribution < 1.29 is 4.79 Å². The molecule has 0 spiro atoms. The van der Waals surface area contributed by atoms with E-state index in [4.69, 9.17) is 5.26 Å². The molecule has 0 unspecified atom stereocenters. The molecule has 3 fully saturated rings. The first-order valence-electron chi connectivity index (χ1n) is 9.06. The zero-order chi connectivity index (χ0) is 16.5. The molecule has 0 aromatic heterocycles. The number of amides is 1. The molecule has 5 heteroatoms. The smallest absolute Gasteiger partial charge is 0.244 e. The van der Waals surface area contributed by atoms with Gasteiger partial charge in [-0.3, -0.25) is 14.6 Å². The van der Waals surface area contributed by atoms with Gasteiger partial charge in [0.1, 0.15) is 0 Å². The Hall–Kier alpha value is -1.90. The maximum absolute atomic E-state index is 12.9. The molecule has 1 aliphatic carbocycles. The topological polar surface area (TPSA) is 50.6 Å². The summed E-state index contributed by atoms with van der Waals surface area (Å²) in [7, 11) is 0. The van der Waals surface area contributed by atoms with Gasteiger partial charge in [0.25, 0.3) is 0 Å². The standard InChI is InChI=1S/C19H24N4O/c20-14-15-2-4-17(5-3-15)23-11-8-18(19(23)24)22-10-1-9-21(12-13-22)16-6-7-16/h2-5,16,18H,1,6-13H2/t18-/m0/s1. The monoisotopic (exact) mass is 324 g/mol. The lowest BCUT2D eigenvalue weighted by atomic mass is 10.2. The molecule has 1 aromatic rings. The maximum atomic E-state index is 12.9. The van der Waals surface area contributed by atoms with Crippen molar-refractivity contribution in [1.82, 2.24) is 9.80 Å². The largest absolute Gasteiger partial charge is 0.311 e. The van der Waals surface area contributed by atoms with Crippen molar-refractivity contribution in [3.8, 4) is 6.07 Å². The lowest BCUT2D eigenvalue weighted by Crippen LogP contribution is -2.43. The second-order valence-corrected chi connectivity index (χ2v) is 7.11. The molecule has 1 aromatic carbocycles. The summed E-state index contributed by atoms with van der Waals surface area (Å²) in [5.74, 6) is 0.222. The molecule has 24 heavy (non-hydrogen) atoms. The molecule has 1 atom stereocenters. The van der Waals surface area contributed by atoms with E-state index in [0.29, 0.717) is 5.56 Å². The molecule has 5 nitrogen and oxygen atoms in total. The average Bonchev–Trinajstić information content (AvgIpc) is 3.41. The summed E-state index contributed by atoms with van der Waals surface area (Å²) in [5, 5.41) is 8.91. The number of hydrogen-bond acceptors (Lipinski definition) is 4. The SMILES string of the molecule is N#Cc1ccc(N2CC[C@H](N3CCCN(C4CC4)CC3)C2=O)cc1. The van der Waals surface area contributed by atoms with Crippen molar-refractivity contribution in [3.05, 3.63) is 29.8 Å². The summed E-state index contributed by atoms with van der Waals surface area (Å²) in [4.78, 5) is 19.8. The molecule has 0 radical (unpaired) electrons. The van der Waals surface area contributed by atoms with Crippen LogP contribution in [0.15, 0.2) is 24.3 Å². The molecule has 1 amide bonds. The van der Waals surface area contributed by atoms with Crippen molar-refractivity contribution in [2.45, 2.75) is 37.8 Å². The Bertz CT molecular complexity index is 646. The third-order valence-electron chi connectivity index (χ3n) is 5.55. The van der Waals surface area contributed by atoms with Gasteiger partial charge in [0, 0.05) is 37.9 Å². The molecular formula is C19H24N4O. The summed E-state index contributed by atoms with van der Waals surface area (Å²) in [5.41, 5.74) is 1.55. The summed E-state index contributed by atoms with van der Waals surface area (Å²) in [6, 6.07) is 10.3. The van der Waals surface area contributed by atoms with Crippen LogP contribution in [0, 0.1) is 11.3 Å². The van der Waals surface area contributed by atoms with Crippen LogP contribution in [0.25, 0.3) is 0 Å². The molecule has 0 N–H and O–H groups in total. The van der Waals surface area contributed by atoms with Gasteiger partial charge in [0.15, 0.2) is 0 Å². The van der Waals surface area contributed by atoms with E-state index in [0.717, 1.165) is 50.7 Å². The fraction of sp³-hybridized carbons (Fsp3) is 0.579. The molecule has 3 aliphatic rings. The lowest BCUT2D eigenvalue weighted by Gasteiger charge is -2.26. The Morgan fingerprint density at radius 3 is 2.33 bits per heavy atom. The number of benzene rings is 1. The van der Waals surface area contributed by atoms with Gasteiger partial charge in [-0.1, -0.05) is 0 Å². The van der Waals surface area contributed by atoms with Gasteiger partial charge in [-0.25, -0.2) is 0 Å². The van der Waals surface area contributed by atoms with Gasteiger partial charge in [-0.15, -0.1) is 0 Å². The van der Waals surface area contributed by atoms with E-state index in [1.54, 1.807) is 12.1 Å². The first kappa shape index (κ1) is 15.6. The zero-order valence-corrected chi connectivity index (χ0v) is 14.0. The average molecular weight is 324 g/mol. The van der Waals surface area contributed by atoms with Crippen LogP contribution in [0.1, 0.15) is 31.2 Å². The third kappa shape index (κ3) is 3.04. The van der Waals surface area contributed by atoms with Gasteiger partial charge < -0.3 is 4.90 Å². The highest BCUT2D eigenvalue weighted by atomic mass is 16.2. The predicted molar refractivity (Wildman–Crippen MR) is 92.7 cm³/mol. The number of nitriles is 1. The summed E-state index contributed by atoms with van der Waals surface area (Å²) >= 11 is 0. The zero-order valence-electron chi connectivity index (χ0n) is 14.0. The van der Waals surface area contributed by atoms with Crippen LogP contribution >= 0.6 is 0 Å². The van der Waals surface area contributed by atoms with Gasteiger partial charge >= 0.3 is 0 Å². The highest BCUT2D eigenvalue weighted by molar-refractivity contribution is 5.99. The van der Waals surface area contributed by atoms with Crippen LogP contribution in [0.4, 0.5) is 5.69 Å². The van der Waals surface area contributed by atoms with Crippen molar-refractivity contribution >= 4 is 11.6 Å². The molecule has 0 bridgehead atoms. The second kappa shape index (κ2) is 6.54. The summed E-state index contributed by atoms with van der Waals surface area (Å²) in [6.45, 7) is 5.10. The normalized spacial score (nSPS) is 26.4. The minimum atomic E-state index is 0.0276. The Balaban J connectivity index is 1.41. The molecule has 2 heterocycles. The van der Waals surface area contributed by atoms with Gasteiger partial charge in [0.2, 0.25) is 5.91 Å². The minimum absolute atomic E-state index is 0.0276. The van der Waals surface area contributed by atoms with Crippen LogP contribution in [-0.2, 0) is 4.79 Å². The molecule has 1 saturated carbocycles. The van der Waals surface area contributed by atoms with Crippen molar-refractivity contribution in [2.75, 3.05) is 37.6 Å². The Morgan fingerprint density at radius 2 is 1.62 bits per heavy atom. The summed E-state index contributed by atoms with van der Waals surface area (Å²) < 4.78 is 0. The predicted octanol–water partition coefficient (Wildman–Crippen LogP) is 1.83. The van der Waals surface area contributed by atoms with E-state index >= 15 is 0 Å². The molecule has 2 aliphatic heterocycles. The van der Waals surface area contributed by atoms with Crippen molar-refractivity contribution in [3.63, 3.8) is 0 Å². The number of rotatable bonds is 3. The highest BCUT2D eigenvalue weighted by Crippen LogP contribution is 2.29. The van der Waals surface area contributed by atoms with E-state index in [1.807, 2.05) is 17.0 Å². The fourth-order valence-corrected chi connectivity index (χ4v) is 4.05. The van der Waals surface area contributed by atoms with Crippen molar-refractivity contribution in [1.29, 1.82) is 5.26 Å². The first-order chi connectivity index (χ1) is 11.8. The fourth-order valence-electron chi connectivity index (χ4n) is 4.05. The van der Waals surface area contributed by atoms with E-state index in [9.17, 15) is 4.79 Å². The van der Waals surface area contributed by atoms with Gasteiger partial charge in [-0.2, -0.15) is 5.26 Å². The van der Waals surface area contributed by atoms with Crippen LogP contribution < -0.4 is 4.90 Å². The van der Waals surface area contributed by atoms with Crippen LogP contribution in [0.2, 0.25) is 0 Å². The number of carbonyl (C=O) groups excluding carboxylic acids is 1. The molecule has 126 valence electrons. The molecular weight excluding hydrogens is 300 g/mol. The van der Waals surface area contributed by atoms with Crippen molar-refractivity contribution in [2.24, 2.45) is 0 Å². The van der Waals surface area contributed by atoms with Crippen LogP contribution in [-0.4, -0.2) is 60.5 Å². The highest BCUT2D eigenvalue weighted by Gasteiger charge is 2.38. The Morgan fingerprint density at radius 1 is 0.917 bits per heavy atom. The lowest BCUT2D eigenvalue weighted by molar-refractivity contribution is -0.121. The van der Waals surface area contributed by atoms with Crippen LogP contribution in [0.3, 0.4) is 0 Å². The van der Waals surface area contributed by atoms with Gasteiger partial charge in [-0.05, 0) is 56.5 Å². The number of anilines is 1. The second-order valence-electron chi connectivity index (χ2n) is 7.11. The van der Waals surface area contributed by atoms with E-state index in [1.165, 1.54) is 19.4 Å². The van der Waals surface area contributed by atoms with Gasteiger partial charge in [0.05, 0.1) is 17.7 Å². The number of nitrogens with zero attached hydrogens (tertiary/aromatic N) is 4. The maximum Gasteiger partial charge on any atom is 0.244 e. The first-order valence-corrected chi connectivity index (χ1v) is 9.06. The summed E-state index contributed by atoms with van der Waals surface area (Å²) in [6.07, 6.45) is 4.78. The van der Waals surface area contributed by atoms with Crippen LogP contribution in [0.5, 0.6) is 0 Å². The molecule has 2 saturated heterocycles. The Kier molecular flexibility index (Phi) is 4.26. The minimum Gasteiger partial charge on any atom is -0.311 e. The van der Waals surface area contributed by atoms with E-state index in [2.05, 4.69) is 15.9 Å². The Labute approximate surface area is 143 Å². The molecule has 4 rings (SSSR count). The quantitative estimate of drug-likeness (QED) is 0.851. The number of carbonyl (C=O) groups is 1. The third-order valence-corrected chi connectivity index (χ3v) is 5.55.